The van der Waals surface area contributed by atoms with E-state index >= 15 is 0 Å². The quantitative estimate of drug-likeness (QED) is 0.354. The zero-order chi connectivity index (χ0) is 22.9. The maximum absolute atomic E-state index is 6.12. The van der Waals surface area contributed by atoms with E-state index in [0.717, 1.165) is 22.4 Å². The molecule has 2 aromatic heterocycles. The Morgan fingerprint density at radius 3 is 2.34 bits per heavy atom. The van der Waals surface area contributed by atoms with Crippen molar-refractivity contribution in [3.63, 3.8) is 0 Å². The predicted molar refractivity (Wildman–Crippen MR) is 125 cm³/mol. The average Bonchev–Trinajstić information content (AvgIpc) is 3.23. The van der Waals surface area contributed by atoms with Crippen molar-refractivity contribution in [3.05, 3.63) is 76.3 Å². The number of hydrogen-bond acceptors (Lipinski definition) is 6. The number of halogens is 1. The van der Waals surface area contributed by atoms with E-state index in [2.05, 4.69) is 53.0 Å². The van der Waals surface area contributed by atoms with Gasteiger partial charge < -0.3 is 9.26 Å². The lowest BCUT2D eigenvalue weighted by molar-refractivity contribution is 0.234. The van der Waals surface area contributed by atoms with Crippen molar-refractivity contribution in [2.45, 2.75) is 46.6 Å². The first-order chi connectivity index (χ1) is 15.2. The molecule has 0 saturated heterocycles. The lowest BCUT2D eigenvalue weighted by Crippen LogP contribution is -2.10. The first-order valence-corrected chi connectivity index (χ1v) is 10.8. The summed E-state index contributed by atoms with van der Waals surface area (Å²) in [6, 6.07) is 15.6. The van der Waals surface area contributed by atoms with Crippen molar-refractivity contribution in [2.24, 2.45) is 0 Å². The summed E-state index contributed by atoms with van der Waals surface area (Å²) in [4.78, 5) is 13.6. The molecule has 2 heterocycles. The molecule has 6 nitrogen and oxygen atoms in total. The monoisotopic (exact) mass is 448 g/mol. The number of benzene rings is 2. The molecule has 4 rings (SSSR count). The zero-order valence-corrected chi connectivity index (χ0v) is 19.6. The number of rotatable bonds is 5. The fourth-order valence-electron chi connectivity index (χ4n) is 3.18. The van der Waals surface area contributed by atoms with Crippen LogP contribution in [0.25, 0.3) is 22.8 Å². The minimum Gasteiger partial charge on any atom is -0.467 e. The van der Waals surface area contributed by atoms with Crippen LogP contribution < -0.4 is 4.74 Å². The second kappa shape index (κ2) is 8.71. The summed E-state index contributed by atoms with van der Waals surface area (Å²) in [6.07, 6.45) is 0. The molecule has 2 aromatic carbocycles. The van der Waals surface area contributed by atoms with Gasteiger partial charge in [-0.25, -0.2) is 4.98 Å². The second-order valence-corrected chi connectivity index (χ2v) is 9.14. The molecule has 0 aliphatic rings. The molecular formula is C25H25ClN4O2. The van der Waals surface area contributed by atoms with Gasteiger partial charge in [0.1, 0.15) is 0 Å². The predicted octanol–water partition coefficient (Wildman–Crippen LogP) is 6.34. The van der Waals surface area contributed by atoms with Gasteiger partial charge in [-0.2, -0.15) is 9.97 Å². The SMILES string of the molecule is Cc1nc(-c2cccc(Cl)c2)nc(OCc2nc(-c3ccc(C(C)(C)C)cc3)no2)c1C. The summed E-state index contributed by atoms with van der Waals surface area (Å²) < 4.78 is 11.3. The summed E-state index contributed by atoms with van der Waals surface area (Å²) in [5.74, 6) is 1.93. The normalized spacial score (nSPS) is 11.6. The van der Waals surface area contributed by atoms with E-state index in [1.807, 2.05) is 50.2 Å². The van der Waals surface area contributed by atoms with Crippen LogP contribution in [-0.2, 0) is 12.0 Å². The molecule has 4 aromatic rings. The van der Waals surface area contributed by atoms with E-state index in [4.69, 9.17) is 20.9 Å². The van der Waals surface area contributed by atoms with Crippen LogP contribution in [-0.4, -0.2) is 20.1 Å². The van der Waals surface area contributed by atoms with Crippen molar-refractivity contribution in [2.75, 3.05) is 0 Å². The fourth-order valence-corrected chi connectivity index (χ4v) is 3.37. The van der Waals surface area contributed by atoms with E-state index < -0.39 is 0 Å². The van der Waals surface area contributed by atoms with Gasteiger partial charge in [-0.3, -0.25) is 0 Å². The largest absolute Gasteiger partial charge is 0.467 e. The Kier molecular flexibility index (Phi) is 5.98. The van der Waals surface area contributed by atoms with Gasteiger partial charge in [0.25, 0.3) is 5.89 Å². The highest BCUT2D eigenvalue weighted by Gasteiger charge is 2.16. The van der Waals surface area contributed by atoms with Gasteiger partial charge in [-0.15, -0.1) is 0 Å². The molecule has 0 radical (unpaired) electrons. The minimum atomic E-state index is 0.0895. The van der Waals surface area contributed by atoms with Crippen LogP contribution in [0.5, 0.6) is 5.88 Å². The summed E-state index contributed by atoms with van der Waals surface area (Å²) in [5.41, 5.74) is 4.74. The molecule has 32 heavy (non-hydrogen) atoms. The Labute approximate surface area is 192 Å². The molecule has 0 bridgehead atoms. The Hall–Kier alpha value is -3.25. The fraction of sp³-hybridized carbons (Fsp3) is 0.280. The second-order valence-electron chi connectivity index (χ2n) is 8.70. The molecule has 0 saturated carbocycles. The maximum Gasteiger partial charge on any atom is 0.264 e. The number of aryl methyl sites for hydroxylation is 1. The van der Waals surface area contributed by atoms with Gasteiger partial charge in [-0.05, 0) is 37.0 Å². The highest BCUT2D eigenvalue weighted by Crippen LogP contribution is 2.27. The van der Waals surface area contributed by atoms with E-state index in [9.17, 15) is 0 Å². The molecule has 164 valence electrons. The summed E-state index contributed by atoms with van der Waals surface area (Å²) in [5, 5.41) is 4.72. The zero-order valence-electron chi connectivity index (χ0n) is 18.8. The van der Waals surface area contributed by atoms with Gasteiger partial charge in [0, 0.05) is 27.4 Å². The van der Waals surface area contributed by atoms with Crippen LogP contribution in [0.2, 0.25) is 5.02 Å². The van der Waals surface area contributed by atoms with Crippen molar-refractivity contribution >= 4 is 11.6 Å². The van der Waals surface area contributed by atoms with E-state index in [1.165, 1.54) is 5.56 Å². The molecular weight excluding hydrogens is 424 g/mol. The van der Waals surface area contributed by atoms with Gasteiger partial charge in [0.2, 0.25) is 11.7 Å². The minimum absolute atomic E-state index is 0.0895. The Bertz CT molecular complexity index is 1240. The number of aromatic nitrogens is 4. The smallest absolute Gasteiger partial charge is 0.264 e. The van der Waals surface area contributed by atoms with Gasteiger partial charge in [-0.1, -0.05) is 73.9 Å². The number of hydrogen-bond donors (Lipinski definition) is 0. The number of ether oxygens (including phenoxy) is 1. The van der Waals surface area contributed by atoms with Crippen molar-refractivity contribution in [3.8, 4) is 28.7 Å². The van der Waals surface area contributed by atoms with Crippen LogP contribution in [0.4, 0.5) is 0 Å². The third kappa shape index (κ3) is 4.81. The molecule has 0 unspecified atom stereocenters. The Morgan fingerprint density at radius 1 is 0.906 bits per heavy atom. The molecule has 0 N–H and O–H groups in total. The lowest BCUT2D eigenvalue weighted by Gasteiger charge is -2.18. The number of nitrogens with zero attached hydrogens (tertiary/aromatic N) is 4. The van der Waals surface area contributed by atoms with Crippen molar-refractivity contribution in [1.82, 2.24) is 20.1 Å². The van der Waals surface area contributed by atoms with E-state index in [-0.39, 0.29) is 12.0 Å². The van der Waals surface area contributed by atoms with Gasteiger partial charge in [0.05, 0.1) is 0 Å². The lowest BCUT2D eigenvalue weighted by atomic mass is 9.87. The molecule has 0 aliphatic carbocycles. The summed E-state index contributed by atoms with van der Waals surface area (Å²) in [7, 11) is 0. The van der Waals surface area contributed by atoms with Crippen molar-refractivity contribution < 1.29 is 9.26 Å². The molecule has 7 heteroatoms. The first-order valence-electron chi connectivity index (χ1n) is 10.4. The standard InChI is InChI=1S/C25H25ClN4O2/c1-15-16(2)27-22(18-7-6-8-20(26)13-18)29-24(15)31-14-21-28-23(30-32-21)17-9-11-19(12-10-17)25(3,4)5/h6-13H,14H2,1-5H3. The molecule has 0 atom stereocenters. The first kappa shape index (κ1) is 22.0. The Balaban J connectivity index is 1.51. The maximum atomic E-state index is 6.12. The average molecular weight is 449 g/mol. The summed E-state index contributed by atoms with van der Waals surface area (Å²) >= 11 is 6.12. The van der Waals surface area contributed by atoms with Gasteiger partial charge in [0.15, 0.2) is 12.4 Å². The molecule has 0 aliphatic heterocycles. The topological polar surface area (TPSA) is 73.9 Å². The van der Waals surface area contributed by atoms with E-state index in [0.29, 0.717) is 28.4 Å². The van der Waals surface area contributed by atoms with Crippen LogP contribution >= 0.6 is 11.6 Å². The molecule has 0 fully saturated rings. The third-order valence-electron chi connectivity index (χ3n) is 5.24. The Morgan fingerprint density at radius 2 is 1.66 bits per heavy atom. The van der Waals surface area contributed by atoms with Crippen LogP contribution in [0, 0.1) is 13.8 Å². The van der Waals surface area contributed by atoms with Crippen molar-refractivity contribution in [1.29, 1.82) is 0 Å². The van der Waals surface area contributed by atoms with E-state index in [1.54, 1.807) is 0 Å². The van der Waals surface area contributed by atoms with Crippen LogP contribution in [0.15, 0.2) is 53.1 Å². The third-order valence-corrected chi connectivity index (χ3v) is 5.47. The molecule has 0 spiro atoms. The van der Waals surface area contributed by atoms with Crippen LogP contribution in [0.1, 0.15) is 43.5 Å². The highest BCUT2D eigenvalue weighted by atomic mass is 35.5. The molecule has 0 amide bonds. The van der Waals surface area contributed by atoms with Crippen LogP contribution in [0.3, 0.4) is 0 Å². The summed E-state index contributed by atoms with van der Waals surface area (Å²) in [6.45, 7) is 10.5. The highest BCUT2D eigenvalue weighted by molar-refractivity contribution is 6.30. The van der Waals surface area contributed by atoms with Gasteiger partial charge >= 0.3 is 0 Å².